The van der Waals surface area contributed by atoms with Gasteiger partial charge in [-0.3, -0.25) is 4.90 Å². The minimum absolute atomic E-state index is 0.631. The summed E-state index contributed by atoms with van der Waals surface area (Å²) in [5.74, 6) is 0. The fourth-order valence-electron chi connectivity index (χ4n) is 2.77. The average Bonchev–Trinajstić information content (AvgIpc) is 2.41. The Labute approximate surface area is 115 Å². The molecule has 1 fully saturated rings. The first kappa shape index (κ1) is 13.9. The lowest BCUT2D eigenvalue weighted by molar-refractivity contribution is 0.187. The van der Waals surface area contributed by atoms with Gasteiger partial charge in [-0.25, -0.2) is 0 Å². The van der Waals surface area contributed by atoms with Crippen molar-refractivity contribution >= 4 is 11.6 Å². The van der Waals surface area contributed by atoms with Crippen LogP contribution in [0.3, 0.4) is 0 Å². The molecule has 0 spiro atoms. The zero-order chi connectivity index (χ0) is 13.0. The van der Waals surface area contributed by atoms with Gasteiger partial charge < -0.3 is 5.32 Å². The van der Waals surface area contributed by atoms with Crippen molar-refractivity contribution in [2.45, 2.75) is 38.8 Å². The smallest absolute Gasteiger partial charge is 0.0453 e. The van der Waals surface area contributed by atoms with E-state index >= 15 is 0 Å². The van der Waals surface area contributed by atoms with Crippen molar-refractivity contribution in [3.8, 4) is 0 Å². The highest BCUT2D eigenvalue weighted by atomic mass is 35.5. The van der Waals surface area contributed by atoms with Crippen LogP contribution in [-0.4, -0.2) is 31.1 Å². The quantitative estimate of drug-likeness (QED) is 0.901. The molecule has 1 heterocycles. The normalized spacial score (nSPS) is 21.2. The zero-order valence-electron chi connectivity index (χ0n) is 11.4. The van der Waals surface area contributed by atoms with Crippen molar-refractivity contribution in [3.05, 3.63) is 34.3 Å². The van der Waals surface area contributed by atoms with Crippen LogP contribution in [0.25, 0.3) is 0 Å². The molecule has 2 nitrogen and oxygen atoms in total. The summed E-state index contributed by atoms with van der Waals surface area (Å²) in [7, 11) is 2.06. The molecule has 2 rings (SSSR count). The van der Waals surface area contributed by atoms with Crippen LogP contribution in [0.5, 0.6) is 0 Å². The van der Waals surface area contributed by atoms with Gasteiger partial charge in [-0.1, -0.05) is 30.7 Å². The number of piperidine rings is 1. The maximum absolute atomic E-state index is 6.36. The third kappa shape index (κ3) is 3.25. The average molecular weight is 267 g/mol. The van der Waals surface area contributed by atoms with E-state index in [2.05, 4.69) is 36.3 Å². The molecule has 1 N–H and O–H groups in total. The Kier molecular flexibility index (Phi) is 5.04. The Hall–Kier alpha value is -0.570. The number of halogens is 1. The minimum atomic E-state index is 0.631. The third-order valence-corrected chi connectivity index (χ3v) is 4.25. The largest absolute Gasteiger partial charge is 0.316 e. The lowest BCUT2D eigenvalue weighted by atomic mass is 10.0. The van der Waals surface area contributed by atoms with Crippen molar-refractivity contribution in [3.63, 3.8) is 0 Å². The maximum Gasteiger partial charge on any atom is 0.0453 e. The minimum Gasteiger partial charge on any atom is -0.316 e. The molecule has 0 aliphatic carbocycles. The van der Waals surface area contributed by atoms with Crippen LogP contribution in [0, 0.1) is 0 Å². The highest BCUT2D eigenvalue weighted by molar-refractivity contribution is 6.31. The Morgan fingerprint density at radius 1 is 1.44 bits per heavy atom. The van der Waals surface area contributed by atoms with Crippen molar-refractivity contribution in [2.75, 3.05) is 20.1 Å². The second-order valence-electron chi connectivity index (χ2n) is 5.09. The maximum atomic E-state index is 6.36. The van der Waals surface area contributed by atoms with Gasteiger partial charge in [-0.15, -0.1) is 0 Å². The van der Waals surface area contributed by atoms with E-state index in [-0.39, 0.29) is 0 Å². The van der Waals surface area contributed by atoms with Gasteiger partial charge in [-0.05, 0) is 50.0 Å². The summed E-state index contributed by atoms with van der Waals surface area (Å²) in [6.45, 7) is 5.50. The van der Waals surface area contributed by atoms with Gasteiger partial charge in [0, 0.05) is 24.2 Å². The molecule has 1 aliphatic rings. The van der Waals surface area contributed by atoms with E-state index in [0.717, 1.165) is 24.5 Å². The van der Waals surface area contributed by atoms with Gasteiger partial charge in [0.2, 0.25) is 0 Å². The van der Waals surface area contributed by atoms with Crippen molar-refractivity contribution in [2.24, 2.45) is 0 Å². The van der Waals surface area contributed by atoms with E-state index in [1.54, 1.807) is 0 Å². The SMILES string of the molecule is CCc1cccc(Cl)c1CN1CCCC(NC)C1. The lowest BCUT2D eigenvalue weighted by Gasteiger charge is -2.33. The van der Waals surface area contributed by atoms with Gasteiger partial charge >= 0.3 is 0 Å². The van der Waals surface area contributed by atoms with Gasteiger partial charge in [0.25, 0.3) is 0 Å². The van der Waals surface area contributed by atoms with E-state index in [4.69, 9.17) is 11.6 Å². The Bertz CT molecular complexity index is 392. The molecule has 1 aliphatic heterocycles. The van der Waals surface area contributed by atoms with Crippen molar-refractivity contribution in [1.29, 1.82) is 0 Å². The fourth-order valence-corrected chi connectivity index (χ4v) is 3.02. The standard InChI is InChI=1S/C15H23ClN2/c1-3-12-6-4-8-15(16)14(12)11-18-9-5-7-13(10-18)17-2/h4,6,8,13,17H,3,5,7,9-11H2,1-2H3. The summed E-state index contributed by atoms with van der Waals surface area (Å²) >= 11 is 6.36. The Morgan fingerprint density at radius 3 is 3.00 bits per heavy atom. The highest BCUT2D eigenvalue weighted by Crippen LogP contribution is 2.24. The van der Waals surface area contributed by atoms with Crippen LogP contribution in [0.2, 0.25) is 5.02 Å². The van der Waals surface area contributed by atoms with Crippen LogP contribution in [-0.2, 0) is 13.0 Å². The fraction of sp³-hybridized carbons (Fsp3) is 0.600. The van der Waals surface area contributed by atoms with Crippen LogP contribution in [0.1, 0.15) is 30.9 Å². The topological polar surface area (TPSA) is 15.3 Å². The summed E-state index contributed by atoms with van der Waals surface area (Å²) in [4.78, 5) is 2.52. The molecule has 18 heavy (non-hydrogen) atoms. The predicted molar refractivity (Wildman–Crippen MR) is 78.2 cm³/mol. The molecule has 3 heteroatoms. The van der Waals surface area contributed by atoms with Crippen molar-refractivity contribution < 1.29 is 0 Å². The second kappa shape index (κ2) is 6.55. The molecular formula is C15H23ClN2. The second-order valence-corrected chi connectivity index (χ2v) is 5.50. The highest BCUT2D eigenvalue weighted by Gasteiger charge is 2.19. The van der Waals surface area contributed by atoms with Crippen LogP contribution in [0.15, 0.2) is 18.2 Å². The molecule has 1 saturated heterocycles. The lowest BCUT2D eigenvalue weighted by Crippen LogP contribution is -2.44. The molecule has 0 amide bonds. The molecule has 0 aromatic heterocycles. The van der Waals surface area contributed by atoms with Crippen LogP contribution >= 0.6 is 11.6 Å². The number of hydrogen-bond acceptors (Lipinski definition) is 2. The van der Waals surface area contributed by atoms with E-state index < -0.39 is 0 Å². The first-order chi connectivity index (χ1) is 8.74. The van der Waals surface area contributed by atoms with Gasteiger partial charge in [-0.2, -0.15) is 0 Å². The molecule has 100 valence electrons. The molecule has 0 saturated carbocycles. The molecule has 1 aromatic rings. The van der Waals surface area contributed by atoms with Gasteiger partial charge in [0.05, 0.1) is 0 Å². The van der Waals surface area contributed by atoms with Crippen LogP contribution < -0.4 is 5.32 Å². The summed E-state index contributed by atoms with van der Waals surface area (Å²) in [6, 6.07) is 6.89. The van der Waals surface area contributed by atoms with E-state index in [1.165, 1.54) is 30.5 Å². The molecule has 1 atom stereocenters. The Morgan fingerprint density at radius 2 is 2.28 bits per heavy atom. The zero-order valence-corrected chi connectivity index (χ0v) is 12.1. The van der Waals surface area contributed by atoms with E-state index in [9.17, 15) is 0 Å². The monoisotopic (exact) mass is 266 g/mol. The van der Waals surface area contributed by atoms with Crippen molar-refractivity contribution in [1.82, 2.24) is 10.2 Å². The summed E-state index contributed by atoms with van der Waals surface area (Å²) in [5.41, 5.74) is 2.70. The number of hydrogen-bond donors (Lipinski definition) is 1. The first-order valence-electron chi connectivity index (χ1n) is 6.90. The predicted octanol–water partition coefficient (Wildman–Crippen LogP) is 3.09. The number of nitrogens with zero attached hydrogens (tertiary/aromatic N) is 1. The number of likely N-dealkylation sites (N-methyl/N-ethyl adjacent to an activating group) is 1. The number of benzene rings is 1. The van der Waals surface area contributed by atoms with Gasteiger partial charge in [0.15, 0.2) is 0 Å². The van der Waals surface area contributed by atoms with E-state index in [1.807, 2.05) is 6.07 Å². The number of rotatable bonds is 4. The number of nitrogens with one attached hydrogen (secondary N) is 1. The van der Waals surface area contributed by atoms with E-state index in [0.29, 0.717) is 6.04 Å². The number of likely N-dealkylation sites (tertiary alicyclic amines) is 1. The molecule has 1 aromatic carbocycles. The van der Waals surface area contributed by atoms with Crippen LogP contribution in [0.4, 0.5) is 0 Å². The molecule has 1 unspecified atom stereocenters. The van der Waals surface area contributed by atoms with Gasteiger partial charge in [0.1, 0.15) is 0 Å². The first-order valence-corrected chi connectivity index (χ1v) is 7.28. The summed E-state index contributed by atoms with van der Waals surface area (Å²) in [5, 5.41) is 4.31. The molecular weight excluding hydrogens is 244 g/mol. The Balaban J connectivity index is 2.09. The molecule has 0 bridgehead atoms. The summed E-state index contributed by atoms with van der Waals surface area (Å²) < 4.78 is 0. The third-order valence-electron chi connectivity index (χ3n) is 3.89. The molecule has 0 radical (unpaired) electrons. The number of aryl methyl sites for hydroxylation is 1. The summed E-state index contributed by atoms with van der Waals surface area (Å²) in [6.07, 6.45) is 3.62.